The molecule has 0 aliphatic heterocycles. The van der Waals surface area contributed by atoms with E-state index in [-0.39, 0.29) is 29.7 Å². The molecule has 7 nitrogen and oxygen atoms in total. The molecule has 0 saturated carbocycles. The van der Waals surface area contributed by atoms with Crippen LogP contribution < -0.4 is 21.9 Å². The highest BCUT2D eigenvalue weighted by Crippen LogP contribution is 1.93. The monoisotopic (exact) mass is 282 g/mol. The molecule has 1 aromatic heterocycles. The SMILES string of the molecule is CC(C)NC(=O)C(C)NCc1cc(=O)n(C)c(=O)n1C. The van der Waals surface area contributed by atoms with Crippen LogP contribution in [-0.2, 0) is 25.4 Å². The number of carbonyl (C=O) groups excluding carboxylic acids is 1. The number of nitrogens with zero attached hydrogens (tertiary/aromatic N) is 2. The number of hydrogen-bond donors (Lipinski definition) is 2. The largest absolute Gasteiger partial charge is 0.353 e. The van der Waals surface area contributed by atoms with Crippen molar-refractivity contribution in [1.82, 2.24) is 19.8 Å². The highest BCUT2D eigenvalue weighted by Gasteiger charge is 2.14. The van der Waals surface area contributed by atoms with Gasteiger partial charge in [-0.2, -0.15) is 0 Å². The number of hydrogen-bond acceptors (Lipinski definition) is 4. The van der Waals surface area contributed by atoms with E-state index in [4.69, 9.17) is 0 Å². The van der Waals surface area contributed by atoms with Gasteiger partial charge in [-0.15, -0.1) is 0 Å². The lowest BCUT2D eigenvalue weighted by Gasteiger charge is -2.17. The van der Waals surface area contributed by atoms with E-state index in [1.54, 1.807) is 14.0 Å². The molecule has 0 spiro atoms. The second-order valence-electron chi connectivity index (χ2n) is 5.14. The first kappa shape index (κ1) is 16.2. The van der Waals surface area contributed by atoms with Gasteiger partial charge in [-0.3, -0.25) is 18.7 Å². The first-order valence-electron chi connectivity index (χ1n) is 6.53. The topological polar surface area (TPSA) is 85.1 Å². The van der Waals surface area contributed by atoms with E-state index in [0.29, 0.717) is 5.69 Å². The molecular formula is C13H22N4O3. The lowest BCUT2D eigenvalue weighted by molar-refractivity contribution is -0.123. The third-order valence-electron chi connectivity index (χ3n) is 3.04. The molecule has 1 rings (SSSR count). The molecule has 20 heavy (non-hydrogen) atoms. The third kappa shape index (κ3) is 3.80. The predicted octanol–water partition coefficient (Wildman–Crippen LogP) is -0.913. The van der Waals surface area contributed by atoms with Crippen LogP contribution >= 0.6 is 0 Å². The average Bonchev–Trinajstić information content (AvgIpc) is 2.37. The summed E-state index contributed by atoms with van der Waals surface area (Å²) in [6, 6.07) is 1.05. The van der Waals surface area contributed by atoms with Crippen LogP contribution in [0.2, 0.25) is 0 Å². The molecule has 0 aliphatic carbocycles. The zero-order valence-electron chi connectivity index (χ0n) is 12.6. The Morgan fingerprint density at radius 1 is 1.20 bits per heavy atom. The van der Waals surface area contributed by atoms with Crippen molar-refractivity contribution in [3.63, 3.8) is 0 Å². The van der Waals surface area contributed by atoms with Gasteiger partial charge in [0.05, 0.1) is 6.04 Å². The summed E-state index contributed by atoms with van der Waals surface area (Å²) in [5.74, 6) is -0.117. The zero-order valence-corrected chi connectivity index (χ0v) is 12.6. The highest BCUT2D eigenvalue weighted by molar-refractivity contribution is 5.81. The quantitative estimate of drug-likeness (QED) is 0.732. The third-order valence-corrected chi connectivity index (χ3v) is 3.04. The molecule has 1 unspecified atom stereocenters. The molecule has 0 aliphatic rings. The van der Waals surface area contributed by atoms with Gasteiger partial charge in [0, 0.05) is 38.4 Å². The standard InChI is InChI=1S/C13H22N4O3/c1-8(2)15-12(19)9(3)14-7-10-6-11(18)17(5)13(20)16(10)4/h6,8-9,14H,7H2,1-5H3,(H,15,19). The van der Waals surface area contributed by atoms with Crippen molar-refractivity contribution >= 4 is 5.91 Å². The van der Waals surface area contributed by atoms with Crippen LogP contribution in [0.3, 0.4) is 0 Å². The van der Waals surface area contributed by atoms with Crippen LogP contribution in [-0.4, -0.2) is 27.1 Å². The molecule has 112 valence electrons. The Bertz CT molecular complexity index is 601. The fourth-order valence-electron chi connectivity index (χ4n) is 1.71. The van der Waals surface area contributed by atoms with Crippen LogP contribution in [0.25, 0.3) is 0 Å². The van der Waals surface area contributed by atoms with Gasteiger partial charge < -0.3 is 10.6 Å². The summed E-state index contributed by atoms with van der Waals surface area (Å²) in [6.45, 7) is 5.77. The number of carbonyl (C=O) groups is 1. The van der Waals surface area contributed by atoms with Crippen molar-refractivity contribution in [1.29, 1.82) is 0 Å². The van der Waals surface area contributed by atoms with Crippen molar-refractivity contribution in [3.05, 3.63) is 32.6 Å². The van der Waals surface area contributed by atoms with Gasteiger partial charge in [-0.25, -0.2) is 4.79 Å². The molecule has 1 heterocycles. The minimum atomic E-state index is -0.406. The highest BCUT2D eigenvalue weighted by atomic mass is 16.2. The molecule has 7 heteroatoms. The zero-order chi connectivity index (χ0) is 15.4. The molecule has 0 radical (unpaired) electrons. The van der Waals surface area contributed by atoms with Gasteiger partial charge in [0.2, 0.25) is 5.91 Å². The summed E-state index contributed by atoms with van der Waals surface area (Å²) in [4.78, 5) is 35.1. The molecule has 2 N–H and O–H groups in total. The van der Waals surface area contributed by atoms with E-state index in [2.05, 4.69) is 10.6 Å². The Labute approximate surface area is 117 Å². The summed E-state index contributed by atoms with van der Waals surface area (Å²) < 4.78 is 2.43. The van der Waals surface area contributed by atoms with Crippen LogP contribution in [0.15, 0.2) is 15.7 Å². The Hall–Kier alpha value is -1.89. The van der Waals surface area contributed by atoms with E-state index in [1.807, 2.05) is 13.8 Å². The van der Waals surface area contributed by atoms with Crippen molar-refractivity contribution in [2.75, 3.05) is 0 Å². The minimum Gasteiger partial charge on any atom is -0.353 e. The van der Waals surface area contributed by atoms with Crippen molar-refractivity contribution in [2.24, 2.45) is 14.1 Å². The van der Waals surface area contributed by atoms with E-state index < -0.39 is 6.04 Å². The van der Waals surface area contributed by atoms with Crippen LogP contribution in [0, 0.1) is 0 Å². The predicted molar refractivity (Wildman–Crippen MR) is 76.5 cm³/mol. The molecule has 1 aromatic rings. The smallest absolute Gasteiger partial charge is 0.330 e. The number of aromatic nitrogens is 2. The van der Waals surface area contributed by atoms with E-state index in [1.165, 1.54) is 17.7 Å². The van der Waals surface area contributed by atoms with Crippen molar-refractivity contribution in [2.45, 2.75) is 39.4 Å². The van der Waals surface area contributed by atoms with Crippen molar-refractivity contribution < 1.29 is 4.79 Å². The second kappa shape index (κ2) is 6.51. The molecule has 0 fully saturated rings. The first-order valence-corrected chi connectivity index (χ1v) is 6.53. The summed E-state index contributed by atoms with van der Waals surface area (Å²) in [5.41, 5.74) is -0.194. The molecule has 1 atom stereocenters. The van der Waals surface area contributed by atoms with Crippen LogP contribution in [0.4, 0.5) is 0 Å². The maximum absolute atomic E-state index is 11.8. The summed E-state index contributed by atoms with van der Waals surface area (Å²) in [6.07, 6.45) is 0. The lowest BCUT2D eigenvalue weighted by Crippen LogP contribution is -2.45. The molecule has 0 bridgehead atoms. The average molecular weight is 282 g/mol. The van der Waals surface area contributed by atoms with Gasteiger partial charge in [-0.1, -0.05) is 0 Å². The Balaban J connectivity index is 2.79. The Morgan fingerprint density at radius 3 is 2.35 bits per heavy atom. The summed E-state index contributed by atoms with van der Waals surface area (Å²) in [5, 5.41) is 5.79. The fraction of sp³-hybridized carbons (Fsp3) is 0.615. The Kier molecular flexibility index (Phi) is 5.26. The molecule has 0 aromatic carbocycles. The van der Waals surface area contributed by atoms with Gasteiger partial charge in [-0.05, 0) is 20.8 Å². The number of nitrogens with one attached hydrogen (secondary N) is 2. The van der Waals surface area contributed by atoms with Crippen LogP contribution in [0.1, 0.15) is 26.5 Å². The van der Waals surface area contributed by atoms with Gasteiger partial charge >= 0.3 is 5.69 Å². The minimum absolute atomic E-state index is 0.0696. The van der Waals surface area contributed by atoms with Gasteiger partial charge in [0.25, 0.3) is 5.56 Å². The van der Waals surface area contributed by atoms with E-state index >= 15 is 0 Å². The van der Waals surface area contributed by atoms with Crippen molar-refractivity contribution in [3.8, 4) is 0 Å². The molecule has 0 saturated heterocycles. The number of rotatable bonds is 5. The summed E-state index contributed by atoms with van der Waals surface area (Å²) >= 11 is 0. The van der Waals surface area contributed by atoms with Gasteiger partial charge in [0.15, 0.2) is 0 Å². The van der Waals surface area contributed by atoms with E-state index in [0.717, 1.165) is 4.57 Å². The summed E-state index contributed by atoms with van der Waals surface area (Å²) in [7, 11) is 3.03. The Morgan fingerprint density at radius 2 is 1.80 bits per heavy atom. The number of amides is 1. The van der Waals surface area contributed by atoms with Gasteiger partial charge in [0.1, 0.15) is 0 Å². The lowest BCUT2D eigenvalue weighted by atomic mass is 10.2. The second-order valence-corrected chi connectivity index (χ2v) is 5.14. The molecular weight excluding hydrogens is 260 g/mol. The van der Waals surface area contributed by atoms with Crippen LogP contribution in [0.5, 0.6) is 0 Å². The van der Waals surface area contributed by atoms with E-state index in [9.17, 15) is 14.4 Å². The first-order chi connectivity index (χ1) is 9.23. The maximum atomic E-state index is 11.8. The normalized spacial score (nSPS) is 12.5. The molecule has 1 amide bonds. The fourth-order valence-corrected chi connectivity index (χ4v) is 1.71. The maximum Gasteiger partial charge on any atom is 0.330 e.